The van der Waals surface area contributed by atoms with Crippen molar-refractivity contribution < 1.29 is 9.53 Å². The topological polar surface area (TPSA) is 81.9 Å². The highest BCUT2D eigenvalue weighted by Crippen LogP contribution is 2.32. The van der Waals surface area contributed by atoms with Crippen LogP contribution < -0.4 is 10.1 Å². The lowest BCUT2D eigenvalue weighted by Crippen LogP contribution is -2.24. The van der Waals surface area contributed by atoms with Crippen LogP contribution in [0, 0.1) is 0 Å². The van der Waals surface area contributed by atoms with Gasteiger partial charge in [-0.3, -0.25) is 14.3 Å². The number of carbonyl (C=O) groups excluding carboxylic acids is 1. The summed E-state index contributed by atoms with van der Waals surface area (Å²) in [4.78, 5) is 16.6. The molecule has 0 unspecified atom stereocenters. The third kappa shape index (κ3) is 5.15. The van der Waals surface area contributed by atoms with Crippen LogP contribution in [0.1, 0.15) is 12.5 Å². The summed E-state index contributed by atoms with van der Waals surface area (Å²) < 4.78 is 7.77. The smallest absolute Gasteiger partial charge is 0.230 e. The van der Waals surface area contributed by atoms with Crippen LogP contribution in [0.15, 0.2) is 84.3 Å². The summed E-state index contributed by atoms with van der Waals surface area (Å²) in [5, 5.41) is 12.4. The summed E-state index contributed by atoms with van der Waals surface area (Å²) in [7, 11) is 0. The Hall–Kier alpha value is -3.65. The van der Waals surface area contributed by atoms with Crippen molar-refractivity contribution in [1.29, 1.82) is 0 Å². The molecule has 32 heavy (non-hydrogen) atoms. The molecule has 1 amide bonds. The molecule has 0 fully saturated rings. The van der Waals surface area contributed by atoms with E-state index in [2.05, 4.69) is 20.5 Å². The number of para-hydroxylation sites is 2. The van der Waals surface area contributed by atoms with Crippen molar-refractivity contribution in [2.75, 3.05) is 12.4 Å². The fourth-order valence-electron chi connectivity index (χ4n) is 3.17. The third-order valence-electron chi connectivity index (χ3n) is 4.64. The lowest BCUT2D eigenvalue weighted by molar-refractivity contribution is -0.118. The molecule has 0 radical (unpaired) electrons. The van der Waals surface area contributed by atoms with Crippen LogP contribution in [-0.4, -0.2) is 38.0 Å². The van der Waals surface area contributed by atoms with Gasteiger partial charge in [0.1, 0.15) is 5.75 Å². The highest BCUT2D eigenvalue weighted by molar-refractivity contribution is 7.99. The largest absolute Gasteiger partial charge is 0.492 e. The van der Waals surface area contributed by atoms with E-state index in [0.29, 0.717) is 24.1 Å². The van der Waals surface area contributed by atoms with Gasteiger partial charge in [-0.1, -0.05) is 54.2 Å². The number of thioether (sulfide) groups is 1. The Labute approximate surface area is 190 Å². The van der Waals surface area contributed by atoms with Crippen molar-refractivity contribution in [3.05, 3.63) is 84.7 Å². The minimum Gasteiger partial charge on any atom is -0.492 e. The molecule has 0 spiro atoms. The van der Waals surface area contributed by atoms with Crippen LogP contribution in [-0.2, 0) is 11.3 Å². The van der Waals surface area contributed by atoms with Crippen molar-refractivity contribution in [3.63, 3.8) is 0 Å². The van der Waals surface area contributed by atoms with Crippen molar-refractivity contribution in [1.82, 2.24) is 25.1 Å². The van der Waals surface area contributed by atoms with Crippen LogP contribution >= 0.6 is 11.8 Å². The monoisotopic (exact) mass is 445 g/mol. The normalized spacial score (nSPS) is 10.7. The molecule has 1 N–H and O–H groups in total. The van der Waals surface area contributed by atoms with Crippen LogP contribution in [0.5, 0.6) is 5.75 Å². The van der Waals surface area contributed by atoms with Gasteiger partial charge in [-0.05, 0) is 36.8 Å². The van der Waals surface area contributed by atoms with Gasteiger partial charge in [0, 0.05) is 24.5 Å². The molecular formula is C24H23N5O2S. The SMILES string of the molecule is CCOc1ccccc1-n1c(SCC(=O)NCc2ccccc2)nnc1-c1ccncc1. The van der Waals surface area contributed by atoms with Gasteiger partial charge in [0.2, 0.25) is 5.91 Å². The zero-order valence-corrected chi connectivity index (χ0v) is 18.5. The van der Waals surface area contributed by atoms with Gasteiger partial charge in [-0.15, -0.1) is 10.2 Å². The Bertz CT molecular complexity index is 1170. The van der Waals surface area contributed by atoms with Gasteiger partial charge in [0.15, 0.2) is 11.0 Å². The van der Waals surface area contributed by atoms with Crippen molar-refractivity contribution >= 4 is 17.7 Å². The highest BCUT2D eigenvalue weighted by atomic mass is 32.2. The maximum absolute atomic E-state index is 12.5. The maximum Gasteiger partial charge on any atom is 0.230 e. The molecule has 162 valence electrons. The zero-order chi connectivity index (χ0) is 22.2. The van der Waals surface area contributed by atoms with Crippen molar-refractivity contribution in [3.8, 4) is 22.8 Å². The fourth-order valence-corrected chi connectivity index (χ4v) is 3.94. The number of hydrogen-bond donors (Lipinski definition) is 1. The van der Waals surface area contributed by atoms with Gasteiger partial charge >= 0.3 is 0 Å². The fraction of sp³-hybridized carbons (Fsp3) is 0.167. The lowest BCUT2D eigenvalue weighted by Gasteiger charge is -2.14. The molecule has 7 nitrogen and oxygen atoms in total. The van der Waals surface area contributed by atoms with E-state index in [0.717, 1.165) is 22.6 Å². The molecular weight excluding hydrogens is 422 g/mol. The van der Waals surface area contributed by atoms with Crippen LogP contribution in [0.3, 0.4) is 0 Å². The third-order valence-corrected chi connectivity index (χ3v) is 5.57. The average molecular weight is 446 g/mol. The van der Waals surface area contributed by atoms with E-state index in [4.69, 9.17) is 4.74 Å². The predicted molar refractivity (Wildman–Crippen MR) is 125 cm³/mol. The molecule has 0 aliphatic carbocycles. The molecule has 4 rings (SSSR count). The Morgan fingerprint density at radius 3 is 2.53 bits per heavy atom. The number of benzene rings is 2. The number of hydrogen-bond acceptors (Lipinski definition) is 6. The van der Waals surface area contributed by atoms with Crippen LogP contribution in [0.2, 0.25) is 0 Å². The predicted octanol–water partition coefficient (Wildman–Crippen LogP) is 4.14. The van der Waals surface area contributed by atoms with E-state index < -0.39 is 0 Å². The lowest BCUT2D eigenvalue weighted by atomic mass is 10.2. The molecule has 0 atom stereocenters. The first-order chi connectivity index (χ1) is 15.8. The number of carbonyl (C=O) groups is 1. The molecule has 2 heterocycles. The first kappa shape index (κ1) is 21.6. The summed E-state index contributed by atoms with van der Waals surface area (Å²) in [5.41, 5.74) is 2.75. The molecule has 0 aliphatic rings. The van der Waals surface area contributed by atoms with E-state index in [9.17, 15) is 4.79 Å². The number of rotatable bonds is 9. The molecule has 0 saturated heterocycles. The summed E-state index contributed by atoms with van der Waals surface area (Å²) in [6, 6.07) is 21.3. The second kappa shape index (κ2) is 10.6. The minimum absolute atomic E-state index is 0.0723. The van der Waals surface area contributed by atoms with Crippen LogP contribution in [0.25, 0.3) is 17.1 Å². The zero-order valence-electron chi connectivity index (χ0n) is 17.6. The van der Waals surface area contributed by atoms with Gasteiger partial charge in [0.05, 0.1) is 18.0 Å². The van der Waals surface area contributed by atoms with Gasteiger partial charge in [0.25, 0.3) is 0 Å². The molecule has 4 aromatic rings. The van der Waals surface area contributed by atoms with E-state index in [1.165, 1.54) is 11.8 Å². The number of amides is 1. The summed E-state index contributed by atoms with van der Waals surface area (Å²) >= 11 is 1.33. The van der Waals surface area contributed by atoms with E-state index >= 15 is 0 Å². The Kier molecular flexibility index (Phi) is 7.14. The molecule has 0 aliphatic heterocycles. The summed E-state index contributed by atoms with van der Waals surface area (Å²) in [6.45, 7) is 2.97. The quantitative estimate of drug-likeness (QED) is 0.390. The van der Waals surface area contributed by atoms with Crippen LogP contribution in [0.4, 0.5) is 0 Å². The number of ether oxygens (including phenoxy) is 1. The number of nitrogens with zero attached hydrogens (tertiary/aromatic N) is 4. The Morgan fingerprint density at radius 2 is 1.75 bits per heavy atom. The minimum atomic E-state index is -0.0723. The number of nitrogens with one attached hydrogen (secondary N) is 1. The summed E-state index contributed by atoms with van der Waals surface area (Å²) in [6.07, 6.45) is 3.43. The second-order valence-corrected chi connectivity index (χ2v) is 7.77. The van der Waals surface area contributed by atoms with Crippen molar-refractivity contribution in [2.24, 2.45) is 0 Å². The highest BCUT2D eigenvalue weighted by Gasteiger charge is 2.19. The Morgan fingerprint density at radius 1 is 1.00 bits per heavy atom. The van der Waals surface area contributed by atoms with Crippen molar-refractivity contribution in [2.45, 2.75) is 18.6 Å². The van der Waals surface area contributed by atoms with Gasteiger partial charge in [-0.2, -0.15) is 0 Å². The molecule has 0 saturated carbocycles. The van der Waals surface area contributed by atoms with Gasteiger partial charge < -0.3 is 10.1 Å². The molecule has 8 heteroatoms. The first-order valence-electron chi connectivity index (χ1n) is 10.3. The molecule has 2 aromatic heterocycles. The van der Waals surface area contributed by atoms with E-state index in [1.54, 1.807) is 12.4 Å². The molecule has 2 aromatic carbocycles. The first-order valence-corrected chi connectivity index (χ1v) is 11.3. The number of aromatic nitrogens is 4. The average Bonchev–Trinajstić information content (AvgIpc) is 3.27. The van der Waals surface area contributed by atoms with E-state index in [-0.39, 0.29) is 11.7 Å². The standard InChI is InChI=1S/C24H23N5O2S/c1-2-31-21-11-7-6-10-20(21)29-23(19-12-14-25-15-13-19)27-28-24(29)32-17-22(30)26-16-18-8-4-3-5-9-18/h3-15H,2,16-17H2,1H3,(H,26,30). The Balaban J connectivity index is 1.58. The maximum atomic E-state index is 12.5. The summed E-state index contributed by atoms with van der Waals surface area (Å²) in [5.74, 6) is 1.53. The second-order valence-electron chi connectivity index (χ2n) is 6.83. The van der Waals surface area contributed by atoms with Gasteiger partial charge in [-0.25, -0.2) is 0 Å². The number of pyridine rings is 1. The molecule has 0 bridgehead atoms. The van der Waals surface area contributed by atoms with E-state index in [1.807, 2.05) is 78.2 Å².